The zero-order valence-electron chi connectivity index (χ0n) is 8.74. The quantitative estimate of drug-likeness (QED) is 0.718. The molecule has 0 aliphatic carbocycles. The highest BCUT2D eigenvalue weighted by Gasteiger charge is 2.14. The van der Waals surface area contributed by atoms with Crippen molar-refractivity contribution in [2.75, 3.05) is 12.0 Å². The number of carboxylic acid groups (broad SMARTS) is 1. The van der Waals surface area contributed by atoms with Crippen LogP contribution in [0.1, 0.15) is 5.82 Å². The van der Waals surface area contributed by atoms with Crippen LogP contribution >= 0.6 is 11.8 Å². The fraction of sp³-hybridized carbons (Fsp3) is 0.571. The first kappa shape index (κ1) is 13.0. The molecule has 0 atom stereocenters. The Kier molecular flexibility index (Phi) is 3.92. The van der Waals surface area contributed by atoms with Crippen LogP contribution in [0.25, 0.3) is 0 Å². The van der Waals surface area contributed by atoms with Gasteiger partial charge in [-0.2, -0.15) is 0 Å². The predicted octanol–water partition coefficient (Wildman–Crippen LogP) is -0.464. The number of rotatable bonds is 5. The highest BCUT2D eigenvalue weighted by molar-refractivity contribution is 7.99. The van der Waals surface area contributed by atoms with Crippen LogP contribution in [0.15, 0.2) is 5.16 Å². The molecule has 0 aromatic carbocycles. The van der Waals surface area contributed by atoms with Crippen molar-refractivity contribution < 1.29 is 18.3 Å². The van der Waals surface area contributed by atoms with Crippen LogP contribution < -0.4 is 0 Å². The number of hydrogen-bond acceptors (Lipinski definition) is 6. The van der Waals surface area contributed by atoms with E-state index in [0.29, 0.717) is 11.0 Å². The molecule has 1 aromatic heterocycles. The maximum absolute atomic E-state index is 11.0. The highest BCUT2D eigenvalue weighted by atomic mass is 32.2. The lowest BCUT2D eigenvalue weighted by molar-refractivity contribution is -0.133. The summed E-state index contributed by atoms with van der Waals surface area (Å²) in [6.45, 7) is 0. The van der Waals surface area contributed by atoms with Gasteiger partial charge in [-0.1, -0.05) is 11.8 Å². The standard InChI is InChI=1S/C7H11N3O4S2/c1-10-5(4-16(2,13)14)8-9-7(10)15-3-6(11)12/h3-4H2,1-2H3,(H,11,12). The molecule has 0 bridgehead atoms. The van der Waals surface area contributed by atoms with Crippen molar-refractivity contribution in [3.63, 3.8) is 0 Å². The highest BCUT2D eigenvalue weighted by Crippen LogP contribution is 2.15. The van der Waals surface area contributed by atoms with Crippen LogP contribution in [0.5, 0.6) is 0 Å². The molecule has 1 aromatic rings. The maximum Gasteiger partial charge on any atom is 0.313 e. The van der Waals surface area contributed by atoms with Gasteiger partial charge in [0.05, 0.1) is 5.75 Å². The number of hydrogen-bond donors (Lipinski definition) is 1. The Bertz CT molecular complexity index is 494. The second-order valence-electron chi connectivity index (χ2n) is 3.21. The molecule has 0 fully saturated rings. The largest absolute Gasteiger partial charge is 0.481 e. The van der Waals surface area contributed by atoms with E-state index in [4.69, 9.17) is 5.11 Å². The lowest BCUT2D eigenvalue weighted by Gasteiger charge is -2.01. The third-order valence-electron chi connectivity index (χ3n) is 1.64. The first-order chi connectivity index (χ1) is 7.29. The van der Waals surface area contributed by atoms with Gasteiger partial charge in [-0.15, -0.1) is 10.2 Å². The Labute approximate surface area is 96.8 Å². The van der Waals surface area contributed by atoms with Crippen molar-refractivity contribution >= 4 is 27.6 Å². The lowest BCUT2D eigenvalue weighted by Crippen LogP contribution is -2.07. The van der Waals surface area contributed by atoms with Gasteiger partial charge in [0.25, 0.3) is 0 Å². The molecule has 1 rings (SSSR count). The lowest BCUT2D eigenvalue weighted by atomic mass is 10.7. The van der Waals surface area contributed by atoms with Gasteiger partial charge in [0.15, 0.2) is 15.0 Å². The van der Waals surface area contributed by atoms with Gasteiger partial charge in [0, 0.05) is 13.3 Å². The van der Waals surface area contributed by atoms with Crippen molar-refractivity contribution in [1.29, 1.82) is 0 Å². The maximum atomic E-state index is 11.0. The summed E-state index contributed by atoms with van der Waals surface area (Å²) in [6, 6.07) is 0. The topological polar surface area (TPSA) is 102 Å². The summed E-state index contributed by atoms with van der Waals surface area (Å²) in [5.74, 6) is -0.998. The molecule has 0 amide bonds. The molecule has 0 saturated heterocycles. The zero-order chi connectivity index (χ0) is 12.3. The molecule has 0 saturated carbocycles. The molecule has 1 heterocycles. The minimum absolute atomic E-state index is 0.134. The van der Waals surface area contributed by atoms with Gasteiger partial charge < -0.3 is 9.67 Å². The fourth-order valence-electron chi connectivity index (χ4n) is 0.957. The molecule has 0 unspecified atom stereocenters. The molecule has 0 radical (unpaired) electrons. The number of carboxylic acids is 1. The first-order valence-electron chi connectivity index (χ1n) is 4.20. The third-order valence-corrected chi connectivity index (χ3v) is 3.43. The van der Waals surface area contributed by atoms with E-state index in [1.807, 2.05) is 0 Å². The third kappa shape index (κ3) is 3.81. The fourth-order valence-corrected chi connectivity index (χ4v) is 2.33. The first-order valence-corrected chi connectivity index (χ1v) is 7.25. The number of sulfone groups is 1. The van der Waals surface area contributed by atoms with Crippen LogP contribution in [0.4, 0.5) is 0 Å². The number of nitrogens with zero attached hydrogens (tertiary/aromatic N) is 3. The average molecular weight is 265 g/mol. The Hall–Kier alpha value is -1.09. The number of thioether (sulfide) groups is 1. The summed E-state index contributed by atoms with van der Waals surface area (Å²) in [5.41, 5.74) is 0. The van der Waals surface area contributed by atoms with E-state index in [-0.39, 0.29) is 11.5 Å². The predicted molar refractivity (Wildman–Crippen MR) is 57.9 cm³/mol. The van der Waals surface area contributed by atoms with E-state index in [9.17, 15) is 13.2 Å². The Balaban J connectivity index is 2.80. The summed E-state index contributed by atoms with van der Waals surface area (Å²) in [6.07, 6.45) is 1.10. The molecule has 0 spiro atoms. The Morgan fingerprint density at radius 3 is 2.62 bits per heavy atom. The number of aromatic nitrogens is 3. The monoisotopic (exact) mass is 265 g/mol. The van der Waals surface area contributed by atoms with Crippen molar-refractivity contribution in [2.45, 2.75) is 10.9 Å². The second-order valence-corrected chi connectivity index (χ2v) is 6.29. The summed E-state index contributed by atoms with van der Waals surface area (Å²) in [5, 5.41) is 16.3. The zero-order valence-corrected chi connectivity index (χ0v) is 10.4. The van der Waals surface area contributed by atoms with Crippen molar-refractivity contribution in [3.05, 3.63) is 5.82 Å². The van der Waals surface area contributed by atoms with Crippen LogP contribution in [-0.4, -0.2) is 46.3 Å². The van der Waals surface area contributed by atoms with Crippen LogP contribution in [0.2, 0.25) is 0 Å². The van der Waals surface area contributed by atoms with Gasteiger partial charge in [-0.05, 0) is 0 Å². The molecule has 16 heavy (non-hydrogen) atoms. The smallest absolute Gasteiger partial charge is 0.313 e. The summed E-state index contributed by atoms with van der Waals surface area (Å²) in [7, 11) is -1.56. The Morgan fingerprint density at radius 1 is 1.50 bits per heavy atom. The van der Waals surface area contributed by atoms with E-state index in [0.717, 1.165) is 18.0 Å². The average Bonchev–Trinajstić information content (AvgIpc) is 2.43. The minimum Gasteiger partial charge on any atom is -0.481 e. The molecule has 1 N–H and O–H groups in total. The molecule has 90 valence electrons. The SMILES string of the molecule is Cn1c(CS(C)(=O)=O)nnc1SCC(=O)O. The molecule has 0 aliphatic heterocycles. The second kappa shape index (κ2) is 4.83. The van der Waals surface area contributed by atoms with Crippen LogP contribution in [0, 0.1) is 0 Å². The Morgan fingerprint density at radius 2 is 2.12 bits per heavy atom. The van der Waals surface area contributed by atoms with Crippen molar-refractivity contribution in [3.8, 4) is 0 Å². The molecule has 9 heteroatoms. The van der Waals surface area contributed by atoms with Gasteiger partial charge in [-0.3, -0.25) is 4.79 Å². The summed E-state index contributed by atoms with van der Waals surface area (Å²) >= 11 is 0.997. The van der Waals surface area contributed by atoms with E-state index in [2.05, 4.69) is 10.2 Å². The van der Waals surface area contributed by atoms with Gasteiger partial charge in [0.1, 0.15) is 11.6 Å². The van der Waals surface area contributed by atoms with E-state index >= 15 is 0 Å². The summed E-state index contributed by atoms with van der Waals surface area (Å²) < 4.78 is 23.6. The van der Waals surface area contributed by atoms with E-state index in [1.54, 1.807) is 7.05 Å². The van der Waals surface area contributed by atoms with E-state index < -0.39 is 15.8 Å². The van der Waals surface area contributed by atoms with Gasteiger partial charge >= 0.3 is 5.97 Å². The molecular weight excluding hydrogens is 254 g/mol. The van der Waals surface area contributed by atoms with E-state index in [1.165, 1.54) is 4.57 Å². The minimum atomic E-state index is -3.17. The van der Waals surface area contributed by atoms with Crippen LogP contribution in [0.3, 0.4) is 0 Å². The van der Waals surface area contributed by atoms with Crippen molar-refractivity contribution in [2.24, 2.45) is 7.05 Å². The van der Waals surface area contributed by atoms with Gasteiger partial charge in [-0.25, -0.2) is 8.42 Å². The van der Waals surface area contributed by atoms with Crippen molar-refractivity contribution in [1.82, 2.24) is 14.8 Å². The molecule has 0 aliphatic rings. The normalized spacial score (nSPS) is 11.6. The molecular formula is C7H11N3O4S2. The van der Waals surface area contributed by atoms with Gasteiger partial charge in [0.2, 0.25) is 0 Å². The number of carbonyl (C=O) groups is 1. The number of aliphatic carboxylic acids is 1. The van der Waals surface area contributed by atoms with Crippen LogP contribution in [-0.2, 0) is 27.4 Å². The summed E-state index contributed by atoms with van der Waals surface area (Å²) in [4.78, 5) is 10.3. The molecule has 7 nitrogen and oxygen atoms in total.